The molecule has 1 aliphatic rings. The average molecular weight is 379 g/mol. The summed E-state index contributed by atoms with van der Waals surface area (Å²) in [5, 5.41) is 9.46. The van der Waals surface area contributed by atoms with E-state index < -0.39 is 18.2 Å². The van der Waals surface area contributed by atoms with Crippen LogP contribution in [-0.2, 0) is 4.79 Å². The van der Waals surface area contributed by atoms with Gasteiger partial charge in [0.2, 0.25) is 6.10 Å². The van der Waals surface area contributed by atoms with Crippen LogP contribution in [0.15, 0.2) is 46.9 Å². The first-order valence-corrected chi connectivity index (χ1v) is 7.97. The molecule has 1 N–H and O–H groups in total. The van der Waals surface area contributed by atoms with Crippen LogP contribution in [0.4, 0.5) is 0 Å². The van der Waals surface area contributed by atoms with E-state index >= 15 is 0 Å². The summed E-state index contributed by atoms with van der Waals surface area (Å²) < 4.78 is 17.7. The Labute approximate surface area is 141 Å². The lowest BCUT2D eigenvalue weighted by atomic mass is 10.0. The molecule has 0 aliphatic carbocycles. The number of aliphatic carboxylic acids is 1. The van der Waals surface area contributed by atoms with Crippen molar-refractivity contribution in [3.05, 3.63) is 52.5 Å². The average Bonchev–Trinajstić information content (AvgIpc) is 2.55. The van der Waals surface area contributed by atoms with Crippen LogP contribution in [0.2, 0.25) is 0 Å². The molecule has 0 bridgehead atoms. The summed E-state index contributed by atoms with van der Waals surface area (Å²) in [5.74, 6) is 0.580. The van der Waals surface area contributed by atoms with Gasteiger partial charge in [-0.1, -0.05) is 18.2 Å². The molecule has 0 radical (unpaired) electrons. The van der Waals surface area contributed by atoms with Gasteiger partial charge in [0.05, 0.1) is 11.1 Å². The molecule has 1 heterocycles. The number of ether oxygens (including phenoxy) is 3. The Morgan fingerprint density at radius 3 is 2.52 bits per heavy atom. The number of hydrogen-bond acceptors (Lipinski definition) is 4. The topological polar surface area (TPSA) is 65.0 Å². The molecule has 1 aliphatic heterocycles. The van der Waals surface area contributed by atoms with Crippen LogP contribution >= 0.6 is 15.9 Å². The van der Waals surface area contributed by atoms with Crippen molar-refractivity contribution >= 4 is 21.9 Å². The van der Waals surface area contributed by atoms with E-state index in [4.69, 9.17) is 14.2 Å². The zero-order valence-electron chi connectivity index (χ0n) is 12.4. The van der Waals surface area contributed by atoms with Gasteiger partial charge < -0.3 is 19.3 Å². The van der Waals surface area contributed by atoms with Crippen molar-refractivity contribution in [1.82, 2.24) is 0 Å². The molecule has 5 nitrogen and oxygen atoms in total. The van der Waals surface area contributed by atoms with Crippen molar-refractivity contribution in [3.63, 3.8) is 0 Å². The van der Waals surface area contributed by atoms with E-state index in [9.17, 15) is 9.90 Å². The standard InChI is InChI=1S/C17H15BrO5/c1-2-21-12-8-7-10(9-11(12)18)15-16(17(19)20)23-14-6-4-3-5-13(14)22-15/h3-9,15-16H,2H2,1H3,(H,19,20). The number of para-hydroxylation sites is 2. The van der Waals surface area contributed by atoms with E-state index in [0.29, 0.717) is 29.4 Å². The van der Waals surface area contributed by atoms with Crippen LogP contribution in [0.3, 0.4) is 0 Å². The Bertz CT molecular complexity index is 731. The van der Waals surface area contributed by atoms with E-state index in [2.05, 4.69) is 15.9 Å². The van der Waals surface area contributed by atoms with Crippen molar-refractivity contribution in [2.24, 2.45) is 0 Å². The maximum absolute atomic E-state index is 11.6. The lowest BCUT2D eigenvalue weighted by Crippen LogP contribution is -2.39. The molecule has 0 fully saturated rings. The van der Waals surface area contributed by atoms with Crippen LogP contribution in [0.25, 0.3) is 0 Å². The second kappa shape index (κ2) is 6.50. The summed E-state index contributed by atoms with van der Waals surface area (Å²) in [4.78, 5) is 11.6. The van der Waals surface area contributed by atoms with E-state index in [1.165, 1.54) is 0 Å². The van der Waals surface area contributed by atoms with Crippen LogP contribution in [-0.4, -0.2) is 23.8 Å². The Kier molecular flexibility index (Phi) is 4.43. The predicted molar refractivity (Wildman–Crippen MR) is 87.2 cm³/mol. The molecule has 6 heteroatoms. The molecule has 2 aromatic carbocycles. The second-order valence-corrected chi connectivity index (χ2v) is 5.84. The lowest BCUT2D eigenvalue weighted by molar-refractivity contribution is -0.151. The molecule has 120 valence electrons. The molecule has 2 unspecified atom stereocenters. The quantitative estimate of drug-likeness (QED) is 0.875. The molecular formula is C17H15BrO5. The molecule has 2 aromatic rings. The Balaban J connectivity index is 1.96. The zero-order chi connectivity index (χ0) is 16.4. The smallest absolute Gasteiger partial charge is 0.349 e. The van der Waals surface area contributed by atoms with Gasteiger partial charge in [-0.25, -0.2) is 4.79 Å². The number of fused-ring (bicyclic) bond motifs is 1. The van der Waals surface area contributed by atoms with Crippen molar-refractivity contribution in [3.8, 4) is 17.2 Å². The molecule has 0 amide bonds. The predicted octanol–water partition coefficient (Wildman–Crippen LogP) is 3.81. The highest BCUT2D eigenvalue weighted by Crippen LogP contribution is 2.40. The highest BCUT2D eigenvalue weighted by atomic mass is 79.9. The van der Waals surface area contributed by atoms with Gasteiger partial charge in [0.25, 0.3) is 0 Å². The number of hydrogen-bond donors (Lipinski definition) is 1. The van der Waals surface area contributed by atoms with E-state index in [1.54, 1.807) is 36.4 Å². The minimum atomic E-state index is -1.12. The highest BCUT2D eigenvalue weighted by molar-refractivity contribution is 9.10. The van der Waals surface area contributed by atoms with Crippen molar-refractivity contribution in [1.29, 1.82) is 0 Å². The van der Waals surface area contributed by atoms with Gasteiger partial charge in [-0.05, 0) is 52.7 Å². The monoisotopic (exact) mass is 378 g/mol. The molecule has 0 saturated carbocycles. The van der Waals surface area contributed by atoms with Gasteiger partial charge in [0, 0.05) is 0 Å². The number of carboxylic acids is 1. The van der Waals surface area contributed by atoms with E-state index in [-0.39, 0.29) is 0 Å². The fourth-order valence-corrected chi connectivity index (χ4v) is 2.94. The number of halogens is 1. The Hall–Kier alpha value is -2.21. The molecule has 0 aromatic heterocycles. The second-order valence-electron chi connectivity index (χ2n) is 4.98. The summed E-state index contributed by atoms with van der Waals surface area (Å²) in [6.07, 6.45) is -1.86. The number of carbonyl (C=O) groups is 1. The SMILES string of the molecule is CCOc1ccc(C2Oc3ccccc3OC2C(=O)O)cc1Br. The van der Waals surface area contributed by atoms with E-state index in [0.717, 1.165) is 4.47 Å². The lowest BCUT2D eigenvalue weighted by Gasteiger charge is -2.32. The Morgan fingerprint density at radius 1 is 1.22 bits per heavy atom. The maximum Gasteiger partial charge on any atom is 0.349 e. The third kappa shape index (κ3) is 3.12. The molecule has 3 rings (SSSR count). The number of rotatable bonds is 4. The van der Waals surface area contributed by atoms with Gasteiger partial charge in [0.15, 0.2) is 17.6 Å². The fraction of sp³-hybridized carbons (Fsp3) is 0.235. The first-order chi connectivity index (χ1) is 11.1. The van der Waals surface area contributed by atoms with Crippen molar-refractivity contribution in [2.45, 2.75) is 19.1 Å². The third-order valence-electron chi connectivity index (χ3n) is 3.46. The normalized spacial score (nSPS) is 19.2. The first-order valence-electron chi connectivity index (χ1n) is 7.17. The van der Waals surface area contributed by atoms with Crippen molar-refractivity contribution < 1.29 is 24.1 Å². The highest BCUT2D eigenvalue weighted by Gasteiger charge is 2.38. The van der Waals surface area contributed by atoms with Crippen LogP contribution in [0.1, 0.15) is 18.6 Å². The summed E-state index contributed by atoms with van der Waals surface area (Å²) in [7, 11) is 0. The molecule has 0 spiro atoms. The largest absolute Gasteiger partial charge is 0.493 e. The number of carboxylic acid groups (broad SMARTS) is 1. The van der Waals surface area contributed by atoms with Gasteiger partial charge in [-0.2, -0.15) is 0 Å². The van der Waals surface area contributed by atoms with Crippen LogP contribution < -0.4 is 14.2 Å². The first kappa shape index (κ1) is 15.7. The molecular weight excluding hydrogens is 364 g/mol. The summed E-state index contributed by atoms with van der Waals surface area (Å²) in [5.41, 5.74) is 0.697. The fourth-order valence-electron chi connectivity index (χ4n) is 2.43. The molecule has 23 heavy (non-hydrogen) atoms. The summed E-state index contributed by atoms with van der Waals surface area (Å²) in [6.45, 7) is 2.45. The van der Waals surface area contributed by atoms with E-state index in [1.807, 2.05) is 13.0 Å². The van der Waals surface area contributed by atoms with Crippen molar-refractivity contribution in [2.75, 3.05) is 6.61 Å². The Morgan fingerprint density at radius 2 is 1.91 bits per heavy atom. The number of benzene rings is 2. The van der Waals surface area contributed by atoms with Crippen LogP contribution in [0.5, 0.6) is 17.2 Å². The van der Waals surface area contributed by atoms with Crippen LogP contribution in [0, 0.1) is 0 Å². The summed E-state index contributed by atoms with van der Waals surface area (Å²) in [6, 6.07) is 12.4. The van der Waals surface area contributed by atoms with Gasteiger partial charge >= 0.3 is 5.97 Å². The molecule has 0 saturated heterocycles. The van der Waals surface area contributed by atoms with Gasteiger partial charge in [-0.15, -0.1) is 0 Å². The minimum absolute atomic E-state index is 0.432. The zero-order valence-corrected chi connectivity index (χ0v) is 13.9. The third-order valence-corrected chi connectivity index (χ3v) is 4.08. The minimum Gasteiger partial charge on any atom is -0.493 e. The molecule has 2 atom stereocenters. The van der Waals surface area contributed by atoms with Gasteiger partial charge in [-0.3, -0.25) is 0 Å². The summed E-state index contributed by atoms with van der Waals surface area (Å²) >= 11 is 3.43. The maximum atomic E-state index is 11.6. The van der Waals surface area contributed by atoms with Gasteiger partial charge in [0.1, 0.15) is 5.75 Å².